The van der Waals surface area contributed by atoms with E-state index in [2.05, 4.69) is 24.5 Å². The lowest BCUT2D eigenvalue weighted by Gasteiger charge is -2.30. The van der Waals surface area contributed by atoms with Crippen molar-refractivity contribution in [3.05, 3.63) is 0 Å². The predicted octanol–water partition coefficient (Wildman–Crippen LogP) is 2.85. The Hall–Kier alpha value is -0.570. The second kappa shape index (κ2) is 9.37. The maximum absolute atomic E-state index is 11.8. The highest BCUT2D eigenvalue weighted by atomic mass is 16.1. The molecule has 3 nitrogen and oxygen atoms in total. The maximum atomic E-state index is 11.8. The molecule has 1 aliphatic heterocycles. The van der Waals surface area contributed by atoms with Crippen molar-refractivity contribution in [2.24, 2.45) is 5.92 Å². The van der Waals surface area contributed by atoms with Gasteiger partial charge in [-0.25, -0.2) is 0 Å². The highest BCUT2D eigenvalue weighted by Gasteiger charge is 2.21. The third-order valence-corrected chi connectivity index (χ3v) is 3.93. The summed E-state index contributed by atoms with van der Waals surface area (Å²) in [7, 11) is 0. The van der Waals surface area contributed by atoms with E-state index in [4.69, 9.17) is 0 Å². The van der Waals surface area contributed by atoms with E-state index in [9.17, 15) is 4.79 Å². The molecule has 0 radical (unpaired) electrons. The van der Waals surface area contributed by atoms with Gasteiger partial charge in [-0.1, -0.05) is 46.0 Å². The summed E-state index contributed by atoms with van der Waals surface area (Å²) in [5.41, 5.74) is 0. The van der Waals surface area contributed by atoms with Gasteiger partial charge in [0.05, 0.1) is 0 Å². The minimum Gasteiger partial charge on any atom is -0.352 e. The number of rotatable bonds is 8. The van der Waals surface area contributed by atoms with Gasteiger partial charge in [-0.05, 0) is 25.3 Å². The van der Waals surface area contributed by atoms with Gasteiger partial charge in [0.25, 0.3) is 0 Å². The van der Waals surface area contributed by atoms with E-state index < -0.39 is 0 Å². The summed E-state index contributed by atoms with van der Waals surface area (Å²) in [5.74, 6) is 0.853. The van der Waals surface area contributed by atoms with Crippen LogP contribution in [0.25, 0.3) is 0 Å². The van der Waals surface area contributed by atoms with Crippen LogP contribution in [0.2, 0.25) is 0 Å². The number of piperidine rings is 1. The molecule has 0 saturated carbocycles. The smallest absolute Gasteiger partial charge is 0.220 e. The lowest BCUT2D eigenvalue weighted by Crippen LogP contribution is -2.50. The number of amides is 1. The highest BCUT2D eigenvalue weighted by Crippen LogP contribution is 2.12. The van der Waals surface area contributed by atoms with E-state index in [1.165, 1.54) is 38.5 Å². The van der Waals surface area contributed by atoms with Crippen LogP contribution < -0.4 is 10.6 Å². The average Bonchev–Trinajstić information content (AvgIpc) is 2.36. The molecule has 0 aromatic rings. The molecule has 18 heavy (non-hydrogen) atoms. The van der Waals surface area contributed by atoms with E-state index in [-0.39, 0.29) is 5.91 Å². The summed E-state index contributed by atoms with van der Waals surface area (Å²) in [6, 6.07) is 0.339. The Balaban J connectivity index is 2.02. The quantitative estimate of drug-likeness (QED) is 0.654. The SMILES string of the molecule is CCCCCCCCC(=O)NC1CNCCC1C. The minimum atomic E-state index is 0.242. The first-order valence-corrected chi connectivity index (χ1v) is 7.74. The average molecular weight is 254 g/mol. The Morgan fingerprint density at radius 3 is 2.67 bits per heavy atom. The van der Waals surface area contributed by atoms with Crippen molar-refractivity contribution in [2.45, 2.75) is 71.3 Å². The molecule has 1 amide bonds. The van der Waals surface area contributed by atoms with Crippen molar-refractivity contribution in [3.63, 3.8) is 0 Å². The Morgan fingerprint density at radius 2 is 1.94 bits per heavy atom. The van der Waals surface area contributed by atoms with Crippen molar-refractivity contribution >= 4 is 5.91 Å². The van der Waals surface area contributed by atoms with Crippen LogP contribution in [0.15, 0.2) is 0 Å². The van der Waals surface area contributed by atoms with Crippen LogP contribution >= 0.6 is 0 Å². The number of unbranched alkanes of at least 4 members (excludes halogenated alkanes) is 5. The van der Waals surface area contributed by atoms with Crippen molar-refractivity contribution in [3.8, 4) is 0 Å². The molecule has 0 aliphatic carbocycles. The zero-order chi connectivity index (χ0) is 13.2. The number of nitrogens with one attached hydrogen (secondary N) is 2. The molecule has 106 valence electrons. The molecular formula is C15H30N2O. The number of hydrogen-bond acceptors (Lipinski definition) is 2. The number of carbonyl (C=O) groups is 1. The fourth-order valence-electron chi connectivity index (χ4n) is 2.53. The Labute approximate surface area is 112 Å². The van der Waals surface area contributed by atoms with E-state index in [0.29, 0.717) is 18.4 Å². The van der Waals surface area contributed by atoms with E-state index in [1.807, 2.05) is 0 Å². The van der Waals surface area contributed by atoms with Gasteiger partial charge in [-0.2, -0.15) is 0 Å². The summed E-state index contributed by atoms with van der Waals surface area (Å²) >= 11 is 0. The van der Waals surface area contributed by atoms with Gasteiger partial charge in [-0.15, -0.1) is 0 Å². The molecule has 0 aromatic heterocycles. The zero-order valence-electron chi connectivity index (χ0n) is 12.1. The molecule has 2 unspecified atom stereocenters. The monoisotopic (exact) mass is 254 g/mol. The van der Waals surface area contributed by atoms with Gasteiger partial charge < -0.3 is 10.6 Å². The van der Waals surface area contributed by atoms with Crippen molar-refractivity contribution in [1.82, 2.24) is 10.6 Å². The van der Waals surface area contributed by atoms with Crippen molar-refractivity contribution < 1.29 is 4.79 Å². The molecule has 2 N–H and O–H groups in total. The molecule has 1 heterocycles. The van der Waals surface area contributed by atoms with Gasteiger partial charge in [0.2, 0.25) is 5.91 Å². The standard InChI is InChI=1S/C15H30N2O/c1-3-4-5-6-7-8-9-15(18)17-14-12-16-11-10-13(14)2/h13-14,16H,3-12H2,1-2H3,(H,17,18). The summed E-state index contributed by atoms with van der Waals surface area (Å²) in [6.45, 7) is 6.48. The van der Waals surface area contributed by atoms with Crippen LogP contribution in [0.5, 0.6) is 0 Å². The fraction of sp³-hybridized carbons (Fsp3) is 0.933. The summed E-state index contributed by atoms with van der Waals surface area (Å²) < 4.78 is 0. The lowest BCUT2D eigenvalue weighted by molar-refractivity contribution is -0.122. The van der Waals surface area contributed by atoms with Crippen LogP contribution in [0.4, 0.5) is 0 Å². The van der Waals surface area contributed by atoms with E-state index in [0.717, 1.165) is 19.5 Å². The predicted molar refractivity (Wildman–Crippen MR) is 76.6 cm³/mol. The van der Waals surface area contributed by atoms with Crippen LogP contribution in [-0.4, -0.2) is 25.0 Å². The second-order valence-corrected chi connectivity index (χ2v) is 5.66. The maximum Gasteiger partial charge on any atom is 0.220 e. The van der Waals surface area contributed by atoms with E-state index in [1.54, 1.807) is 0 Å². The zero-order valence-corrected chi connectivity index (χ0v) is 12.1. The molecule has 0 bridgehead atoms. The molecule has 2 atom stereocenters. The molecule has 0 aromatic carbocycles. The van der Waals surface area contributed by atoms with Gasteiger partial charge >= 0.3 is 0 Å². The van der Waals surface area contributed by atoms with Crippen molar-refractivity contribution in [2.75, 3.05) is 13.1 Å². The van der Waals surface area contributed by atoms with Gasteiger partial charge in [0, 0.05) is 19.0 Å². The molecule has 1 rings (SSSR count). The van der Waals surface area contributed by atoms with E-state index >= 15 is 0 Å². The fourth-order valence-corrected chi connectivity index (χ4v) is 2.53. The highest BCUT2D eigenvalue weighted by molar-refractivity contribution is 5.76. The Kier molecular flexibility index (Phi) is 8.06. The van der Waals surface area contributed by atoms with Gasteiger partial charge in [0.15, 0.2) is 0 Å². The van der Waals surface area contributed by atoms with Crippen LogP contribution in [0.1, 0.15) is 65.2 Å². The molecule has 1 aliphatic rings. The Morgan fingerprint density at radius 1 is 1.22 bits per heavy atom. The minimum absolute atomic E-state index is 0.242. The molecule has 3 heteroatoms. The molecule has 0 spiro atoms. The van der Waals surface area contributed by atoms with Crippen LogP contribution in [0, 0.1) is 5.92 Å². The first-order chi connectivity index (χ1) is 8.74. The second-order valence-electron chi connectivity index (χ2n) is 5.66. The summed E-state index contributed by atoms with van der Waals surface area (Å²) in [6.07, 6.45) is 9.34. The summed E-state index contributed by atoms with van der Waals surface area (Å²) in [4.78, 5) is 11.8. The third-order valence-electron chi connectivity index (χ3n) is 3.93. The van der Waals surface area contributed by atoms with Crippen LogP contribution in [-0.2, 0) is 4.79 Å². The van der Waals surface area contributed by atoms with Crippen LogP contribution in [0.3, 0.4) is 0 Å². The molecular weight excluding hydrogens is 224 g/mol. The first-order valence-electron chi connectivity index (χ1n) is 7.74. The molecule has 1 fully saturated rings. The van der Waals surface area contributed by atoms with Crippen molar-refractivity contribution in [1.29, 1.82) is 0 Å². The number of hydrogen-bond donors (Lipinski definition) is 2. The largest absolute Gasteiger partial charge is 0.352 e. The first kappa shape index (κ1) is 15.5. The normalized spacial score (nSPS) is 23.9. The third kappa shape index (κ3) is 6.39. The van der Waals surface area contributed by atoms with Gasteiger partial charge in [0.1, 0.15) is 0 Å². The lowest BCUT2D eigenvalue weighted by atomic mass is 9.94. The topological polar surface area (TPSA) is 41.1 Å². The summed E-state index contributed by atoms with van der Waals surface area (Å²) in [5, 5.41) is 6.52. The Bertz CT molecular complexity index is 231. The molecule has 1 saturated heterocycles. The number of carbonyl (C=O) groups excluding carboxylic acids is 1. The van der Waals surface area contributed by atoms with Gasteiger partial charge in [-0.3, -0.25) is 4.79 Å².